The number of nitrogens with zero attached hydrogens (tertiary/aromatic N) is 1. The second kappa shape index (κ2) is 6.80. The number of ketones is 1. The van der Waals surface area contributed by atoms with Crippen LogP contribution in [-0.2, 0) is 6.54 Å². The van der Waals surface area contributed by atoms with Crippen molar-refractivity contribution < 1.29 is 14.3 Å². The molecule has 1 aromatic heterocycles. The summed E-state index contributed by atoms with van der Waals surface area (Å²) in [5, 5.41) is 3.22. The molecule has 0 bridgehead atoms. The number of hydrogen-bond acceptors (Lipinski definition) is 4. The molecule has 6 nitrogen and oxygen atoms in total. The number of ether oxygens (including phenoxy) is 1. The molecule has 0 spiro atoms. The van der Waals surface area contributed by atoms with Gasteiger partial charge in [0.05, 0.1) is 22.5 Å². The average Bonchev–Trinajstić information content (AvgIpc) is 2.65. The maximum Gasteiger partial charge on any atom is 0.261 e. The number of halogens is 1. The van der Waals surface area contributed by atoms with Gasteiger partial charge in [-0.1, -0.05) is 23.7 Å². The monoisotopic (exact) mass is 396 g/mol. The smallest absolute Gasteiger partial charge is 0.261 e. The minimum Gasteiger partial charge on any atom is -0.487 e. The quantitative estimate of drug-likeness (QED) is 0.681. The average molecular weight is 397 g/mol. The van der Waals surface area contributed by atoms with Gasteiger partial charge in [-0.15, -0.1) is 0 Å². The number of Topliss-reactive ketones (excluding diaryl/α,β-unsaturated/α-hetero) is 1. The minimum atomic E-state index is -0.558. The van der Waals surface area contributed by atoms with Gasteiger partial charge in [0.25, 0.3) is 5.91 Å². The van der Waals surface area contributed by atoms with Crippen LogP contribution in [0.2, 0.25) is 5.02 Å². The number of rotatable bonds is 3. The van der Waals surface area contributed by atoms with Crippen molar-refractivity contribution in [2.75, 3.05) is 5.32 Å². The maximum atomic E-state index is 13.0. The molecule has 1 aliphatic heterocycles. The molecule has 142 valence electrons. The molecule has 2 heterocycles. The van der Waals surface area contributed by atoms with Gasteiger partial charge in [-0.05, 0) is 38.1 Å². The Hall–Kier alpha value is -3.12. The van der Waals surface area contributed by atoms with Crippen LogP contribution in [0.1, 0.15) is 34.6 Å². The van der Waals surface area contributed by atoms with Crippen molar-refractivity contribution in [3.63, 3.8) is 0 Å². The summed E-state index contributed by atoms with van der Waals surface area (Å²) in [5.74, 6) is -0.104. The highest BCUT2D eigenvalue weighted by atomic mass is 35.5. The lowest BCUT2D eigenvalue weighted by Crippen LogP contribution is -2.30. The summed E-state index contributed by atoms with van der Waals surface area (Å²) < 4.78 is 7.62. The molecule has 1 N–H and O–H groups in total. The molecule has 28 heavy (non-hydrogen) atoms. The molecule has 3 aromatic rings. The fourth-order valence-corrected chi connectivity index (χ4v) is 3.65. The summed E-state index contributed by atoms with van der Waals surface area (Å²) in [6, 6.07) is 9.89. The fourth-order valence-electron chi connectivity index (χ4n) is 3.41. The third-order valence-corrected chi connectivity index (χ3v) is 5.00. The van der Waals surface area contributed by atoms with Crippen LogP contribution < -0.4 is 15.5 Å². The first-order valence-electron chi connectivity index (χ1n) is 8.80. The number of carbonyl (C=O) groups is 2. The molecule has 7 heteroatoms. The van der Waals surface area contributed by atoms with E-state index in [4.69, 9.17) is 16.3 Å². The minimum absolute atomic E-state index is 0.0196. The van der Waals surface area contributed by atoms with Crippen molar-refractivity contribution in [2.45, 2.75) is 26.5 Å². The second-order valence-electron chi connectivity index (χ2n) is 6.81. The Bertz CT molecular complexity index is 1200. The molecule has 1 aliphatic rings. The van der Waals surface area contributed by atoms with Crippen LogP contribution in [-0.4, -0.2) is 22.4 Å². The highest BCUT2D eigenvalue weighted by molar-refractivity contribution is 6.35. The molecular formula is C21H17ClN2O4. The molecule has 0 saturated heterocycles. The number of amides is 1. The highest BCUT2D eigenvalue weighted by Gasteiger charge is 2.24. The zero-order chi connectivity index (χ0) is 20.0. The Morgan fingerprint density at radius 3 is 2.79 bits per heavy atom. The van der Waals surface area contributed by atoms with E-state index in [1.165, 1.54) is 13.1 Å². The van der Waals surface area contributed by atoms with Gasteiger partial charge in [0.1, 0.15) is 17.4 Å². The second-order valence-corrected chi connectivity index (χ2v) is 7.22. The van der Waals surface area contributed by atoms with E-state index in [1.807, 2.05) is 11.5 Å². The summed E-state index contributed by atoms with van der Waals surface area (Å²) in [6.07, 6.45) is 1.43. The Morgan fingerprint density at radius 2 is 2.04 bits per heavy atom. The molecule has 1 amide bonds. The van der Waals surface area contributed by atoms with E-state index < -0.39 is 11.3 Å². The predicted molar refractivity (Wildman–Crippen MR) is 108 cm³/mol. The van der Waals surface area contributed by atoms with Gasteiger partial charge in [0.15, 0.2) is 5.78 Å². The first-order chi connectivity index (χ1) is 13.3. The summed E-state index contributed by atoms with van der Waals surface area (Å²) in [6.45, 7) is 3.85. The predicted octanol–water partition coefficient (Wildman–Crippen LogP) is 3.89. The fraction of sp³-hybridized carbons (Fsp3) is 0.190. The number of hydrogen-bond donors (Lipinski definition) is 1. The number of nitrogens with one attached hydrogen (secondary N) is 1. The van der Waals surface area contributed by atoms with Crippen LogP contribution in [0.25, 0.3) is 10.9 Å². The third kappa shape index (κ3) is 3.05. The van der Waals surface area contributed by atoms with E-state index in [1.54, 1.807) is 36.4 Å². The summed E-state index contributed by atoms with van der Waals surface area (Å²) in [5.41, 5.74) is 1.02. The summed E-state index contributed by atoms with van der Waals surface area (Å²) >= 11 is 6.28. The van der Waals surface area contributed by atoms with Crippen LogP contribution in [0.15, 0.2) is 47.4 Å². The van der Waals surface area contributed by atoms with E-state index in [0.29, 0.717) is 29.1 Å². The molecular weight excluding hydrogens is 380 g/mol. The van der Waals surface area contributed by atoms with Crippen LogP contribution in [0.5, 0.6) is 5.75 Å². The maximum absolute atomic E-state index is 13.0. The van der Waals surface area contributed by atoms with Crippen molar-refractivity contribution >= 4 is 39.9 Å². The van der Waals surface area contributed by atoms with Gasteiger partial charge in [0, 0.05) is 17.4 Å². The van der Waals surface area contributed by atoms with Gasteiger partial charge in [-0.3, -0.25) is 14.4 Å². The van der Waals surface area contributed by atoms with Crippen molar-refractivity contribution in [3.8, 4) is 5.75 Å². The molecule has 0 unspecified atom stereocenters. The van der Waals surface area contributed by atoms with Gasteiger partial charge in [-0.25, -0.2) is 0 Å². The van der Waals surface area contributed by atoms with E-state index in [9.17, 15) is 14.4 Å². The van der Waals surface area contributed by atoms with Gasteiger partial charge in [0.2, 0.25) is 5.43 Å². The van der Waals surface area contributed by atoms with Crippen LogP contribution in [0.3, 0.4) is 0 Å². The number of pyridine rings is 1. The highest BCUT2D eigenvalue weighted by Crippen LogP contribution is 2.33. The molecule has 4 rings (SSSR count). The number of aromatic nitrogens is 1. The van der Waals surface area contributed by atoms with Crippen molar-refractivity contribution in [2.24, 2.45) is 0 Å². The summed E-state index contributed by atoms with van der Waals surface area (Å²) in [4.78, 5) is 37.4. The number of carbonyl (C=O) groups excluding carboxylic acids is 2. The van der Waals surface area contributed by atoms with Gasteiger partial charge in [-0.2, -0.15) is 0 Å². The molecule has 1 atom stereocenters. The molecule has 0 fully saturated rings. The Kier molecular flexibility index (Phi) is 4.43. The first kappa shape index (κ1) is 18.3. The molecule has 2 aromatic carbocycles. The molecule has 0 saturated carbocycles. The van der Waals surface area contributed by atoms with Crippen LogP contribution in [0, 0.1) is 0 Å². The number of anilines is 1. The van der Waals surface area contributed by atoms with Crippen LogP contribution >= 0.6 is 11.6 Å². The van der Waals surface area contributed by atoms with Gasteiger partial charge < -0.3 is 14.6 Å². The lowest BCUT2D eigenvalue weighted by molar-refractivity contribution is 0.101. The molecule has 0 radical (unpaired) electrons. The standard InChI is InChI=1S/C21H17ClN2O4/c1-11-9-24-10-15(20(26)18-16(22)6-7-17(28-11)19(18)24)21(27)23-14-5-3-4-13(8-14)12(2)25/h3-8,10-11H,9H2,1-2H3,(H,23,27)/t11-/m0/s1. The Morgan fingerprint density at radius 1 is 1.25 bits per heavy atom. The van der Waals surface area contributed by atoms with Crippen LogP contribution in [0.4, 0.5) is 5.69 Å². The Balaban J connectivity index is 1.81. The third-order valence-electron chi connectivity index (χ3n) is 4.69. The van der Waals surface area contributed by atoms with E-state index in [-0.39, 0.29) is 27.9 Å². The van der Waals surface area contributed by atoms with E-state index >= 15 is 0 Å². The molecule has 0 aliphatic carbocycles. The number of benzene rings is 2. The topological polar surface area (TPSA) is 77.4 Å². The normalized spacial score (nSPS) is 15.2. The SMILES string of the molecule is CC(=O)c1cccc(NC(=O)c2cn3c4c(ccc(Cl)c4c2=O)O[C@@H](C)C3)c1. The first-order valence-corrected chi connectivity index (χ1v) is 9.17. The lowest BCUT2D eigenvalue weighted by atomic mass is 10.1. The van der Waals surface area contributed by atoms with E-state index in [0.717, 1.165) is 0 Å². The zero-order valence-electron chi connectivity index (χ0n) is 15.3. The van der Waals surface area contributed by atoms with E-state index in [2.05, 4.69) is 5.32 Å². The largest absolute Gasteiger partial charge is 0.487 e. The van der Waals surface area contributed by atoms with Gasteiger partial charge >= 0.3 is 0 Å². The van der Waals surface area contributed by atoms with Crippen molar-refractivity contribution in [1.29, 1.82) is 0 Å². The summed E-state index contributed by atoms with van der Waals surface area (Å²) in [7, 11) is 0. The lowest BCUT2D eigenvalue weighted by Gasteiger charge is -2.26. The van der Waals surface area contributed by atoms with Crippen molar-refractivity contribution in [3.05, 3.63) is 69.0 Å². The van der Waals surface area contributed by atoms with Crippen molar-refractivity contribution in [1.82, 2.24) is 4.57 Å². The zero-order valence-corrected chi connectivity index (χ0v) is 16.0. The Labute approximate surface area is 165 Å².